The van der Waals surface area contributed by atoms with Crippen molar-refractivity contribution >= 4 is 32.7 Å². The molecule has 3 nitrogen and oxygen atoms in total. The summed E-state index contributed by atoms with van der Waals surface area (Å²) in [7, 11) is 0. The van der Waals surface area contributed by atoms with Crippen LogP contribution >= 0.6 is 15.9 Å². The Balaban J connectivity index is 1.77. The summed E-state index contributed by atoms with van der Waals surface area (Å²) in [5.41, 5.74) is 5.26. The van der Waals surface area contributed by atoms with Crippen LogP contribution in [0.3, 0.4) is 0 Å². The number of oxazole rings is 1. The van der Waals surface area contributed by atoms with Gasteiger partial charge in [-0.15, -0.1) is 0 Å². The van der Waals surface area contributed by atoms with Gasteiger partial charge in [-0.2, -0.15) is 0 Å². The van der Waals surface area contributed by atoms with E-state index in [4.69, 9.17) is 4.42 Å². The van der Waals surface area contributed by atoms with Crippen molar-refractivity contribution in [3.63, 3.8) is 0 Å². The number of rotatable bonds is 3. The third kappa shape index (κ3) is 2.70. The molecule has 0 radical (unpaired) electrons. The van der Waals surface area contributed by atoms with Gasteiger partial charge in [-0.25, -0.2) is 4.98 Å². The van der Waals surface area contributed by atoms with E-state index in [1.54, 1.807) is 0 Å². The Morgan fingerprint density at radius 1 is 1.15 bits per heavy atom. The van der Waals surface area contributed by atoms with E-state index in [1.165, 1.54) is 11.1 Å². The Bertz CT molecular complexity index is 764. The van der Waals surface area contributed by atoms with Crippen LogP contribution in [-0.4, -0.2) is 4.98 Å². The minimum atomic E-state index is 0.695. The van der Waals surface area contributed by atoms with E-state index in [9.17, 15) is 0 Å². The lowest BCUT2D eigenvalue weighted by Crippen LogP contribution is -1.99. The van der Waals surface area contributed by atoms with Gasteiger partial charge >= 0.3 is 0 Å². The quantitative estimate of drug-likeness (QED) is 0.748. The van der Waals surface area contributed by atoms with Crippen LogP contribution in [0.4, 0.5) is 5.69 Å². The predicted molar refractivity (Wildman–Crippen MR) is 85.0 cm³/mol. The molecule has 0 atom stereocenters. The molecule has 20 heavy (non-hydrogen) atoms. The highest BCUT2D eigenvalue weighted by Crippen LogP contribution is 2.21. The number of halogens is 1. The summed E-state index contributed by atoms with van der Waals surface area (Å²) in [4.78, 5) is 4.34. The Morgan fingerprint density at radius 2 is 2.00 bits per heavy atom. The van der Waals surface area contributed by atoms with Crippen molar-refractivity contribution in [1.82, 2.24) is 4.98 Å². The van der Waals surface area contributed by atoms with Crippen molar-refractivity contribution in [2.45, 2.75) is 20.4 Å². The third-order valence-corrected chi connectivity index (χ3v) is 4.10. The molecule has 0 saturated heterocycles. The number of hydrogen-bond donors (Lipinski definition) is 1. The van der Waals surface area contributed by atoms with E-state index in [0.29, 0.717) is 5.89 Å². The van der Waals surface area contributed by atoms with Crippen molar-refractivity contribution < 1.29 is 4.42 Å². The lowest BCUT2D eigenvalue weighted by molar-refractivity contribution is 0.561. The second-order valence-electron chi connectivity index (χ2n) is 4.85. The molecule has 0 bridgehead atoms. The van der Waals surface area contributed by atoms with Gasteiger partial charge in [0.15, 0.2) is 11.5 Å². The van der Waals surface area contributed by atoms with Gasteiger partial charge in [-0.3, -0.25) is 0 Å². The lowest BCUT2D eigenvalue weighted by Gasteiger charge is -2.08. The molecule has 0 aliphatic heterocycles. The van der Waals surface area contributed by atoms with E-state index in [0.717, 1.165) is 27.8 Å². The summed E-state index contributed by atoms with van der Waals surface area (Å²) in [6, 6.07) is 12.3. The normalized spacial score (nSPS) is 10.9. The van der Waals surface area contributed by atoms with Crippen molar-refractivity contribution in [3.8, 4) is 0 Å². The number of anilines is 1. The van der Waals surface area contributed by atoms with Gasteiger partial charge in [-0.05, 0) is 42.3 Å². The summed E-state index contributed by atoms with van der Waals surface area (Å²) < 4.78 is 6.61. The van der Waals surface area contributed by atoms with Crippen LogP contribution in [0.15, 0.2) is 45.3 Å². The molecule has 0 aliphatic carbocycles. The van der Waals surface area contributed by atoms with Crippen LogP contribution in [0.1, 0.15) is 17.0 Å². The van der Waals surface area contributed by atoms with Gasteiger partial charge in [-0.1, -0.05) is 28.1 Å². The number of nitrogens with one attached hydrogen (secondary N) is 1. The summed E-state index contributed by atoms with van der Waals surface area (Å²) in [6.07, 6.45) is 0. The molecule has 1 heterocycles. The average Bonchev–Trinajstić information content (AvgIpc) is 2.79. The van der Waals surface area contributed by atoms with Gasteiger partial charge in [0.05, 0.1) is 0 Å². The topological polar surface area (TPSA) is 38.1 Å². The molecule has 3 aromatic rings. The number of hydrogen-bond acceptors (Lipinski definition) is 3. The standard InChI is InChI=1S/C16H15BrN2O/c1-10-7-12(3-5-14(10)17)9-18-13-4-6-16-15(8-13)19-11(2)20-16/h3-8,18H,9H2,1-2H3. The highest BCUT2D eigenvalue weighted by atomic mass is 79.9. The highest BCUT2D eigenvalue weighted by molar-refractivity contribution is 9.10. The maximum atomic E-state index is 5.47. The van der Waals surface area contributed by atoms with Gasteiger partial charge < -0.3 is 9.73 Å². The lowest BCUT2D eigenvalue weighted by atomic mass is 10.1. The zero-order chi connectivity index (χ0) is 14.1. The molecular weight excluding hydrogens is 316 g/mol. The molecule has 4 heteroatoms. The number of aromatic nitrogens is 1. The first-order valence-electron chi connectivity index (χ1n) is 6.48. The van der Waals surface area contributed by atoms with Crippen LogP contribution < -0.4 is 5.32 Å². The summed E-state index contributed by atoms with van der Waals surface area (Å²) >= 11 is 3.52. The van der Waals surface area contributed by atoms with Crippen molar-refractivity contribution in [1.29, 1.82) is 0 Å². The van der Waals surface area contributed by atoms with Gasteiger partial charge in [0.1, 0.15) is 5.52 Å². The predicted octanol–water partition coefficient (Wildman–Crippen LogP) is 4.82. The zero-order valence-electron chi connectivity index (χ0n) is 11.4. The molecular formula is C16H15BrN2O. The highest BCUT2D eigenvalue weighted by Gasteiger charge is 2.03. The maximum absolute atomic E-state index is 5.47. The molecule has 3 rings (SSSR count). The van der Waals surface area contributed by atoms with Crippen LogP contribution in [0.25, 0.3) is 11.1 Å². The first kappa shape index (κ1) is 13.2. The third-order valence-electron chi connectivity index (χ3n) is 3.21. The minimum absolute atomic E-state index is 0.695. The Morgan fingerprint density at radius 3 is 2.80 bits per heavy atom. The van der Waals surface area contributed by atoms with Gasteiger partial charge in [0.2, 0.25) is 0 Å². The molecule has 2 aromatic carbocycles. The van der Waals surface area contributed by atoms with Crippen molar-refractivity contribution in [2.75, 3.05) is 5.32 Å². The summed E-state index contributed by atoms with van der Waals surface area (Å²) in [5, 5.41) is 3.41. The van der Waals surface area contributed by atoms with Gasteiger partial charge in [0, 0.05) is 23.6 Å². The SMILES string of the molecule is Cc1nc2cc(NCc3ccc(Br)c(C)c3)ccc2o1. The van der Waals surface area contributed by atoms with Crippen LogP contribution in [0.2, 0.25) is 0 Å². The van der Waals surface area contributed by atoms with E-state index in [2.05, 4.69) is 51.4 Å². The number of nitrogens with zero attached hydrogens (tertiary/aromatic N) is 1. The average molecular weight is 331 g/mol. The maximum Gasteiger partial charge on any atom is 0.192 e. The summed E-state index contributed by atoms with van der Waals surface area (Å²) in [5.74, 6) is 0.695. The van der Waals surface area contributed by atoms with E-state index in [-0.39, 0.29) is 0 Å². The van der Waals surface area contributed by atoms with Crippen molar-refractivity contribution in [3.05, 3.63) is 57.9 Å². The Kier molecular flexibility index (Phi) is 3.49. The molecule has 0 fully saturated rings. The minimum Gasteiger partial charge on any atom is -0.441 e. The molecule has 1 aromatic heterocycles. The van der Waals surface area contributed by atoms with Crippen LogP contribution in [0, 0.1) is 13.8 Å². The molecule has 0 unspecified atom stereocenters. The number of aryl methyl sites for hydroxylation is 2. The fraction of sp³-hybridized carbons (Fsp3) is 0.188. The zero-order valence-corrected chi connectivity index (χ0v) is 13.0. The van der Waals surface area contributed by atoms with E-state index in [1.807, 2.05) is 25.1 Å². The molecule has 1 N–H and O–H groups in total. The van der Waals surface area contributed by atoms with Crippen LogP contribution in [-0.2, 0) is 6.54 Å². The van der Waals surface area contributed by atoms with Crippen molar-refractivity contribution in [2.24, 2.45) is 0 Å². The van der Waals surface area contributed by atoms with E-state index < -0.39 is 0 Å². The molecule has 0 amide bonds. The largest absolute Gasteiger partial charge is 0.441 e. The molecule has 0 spiro atoms. The summed E-state index contributed by atoms with van der Waals surface area (Å²) in [6.45, 7) is 4.74. The molecule has 102 valence electrons. The van der Waals surface area contributed by atoms with Gasteiger partial charge in [0.25, 0.3) is 0 Å². The van der Waals surface area contributed by atoms with Crippen LogP contribution in [0.5, 0.6) is 0 Å². The smallest absolute Gasteiger partial charge is 0.192 e. The first-order valence-corrected chi connectivity index (χ1v) is 7.27. The Labute approximate surface area is 126 Å². The second kappa shape index (κ2) is 5.29. The second-order valence-corrected chi connectivity index (χ2v) is 5.71. The first-order chi connectivity index (χ1) is 9.61. The fourth-order valence-electron chi connectivity index (χ4n) is 2.17. The Hall–Kier alpha value is -1.81. The van der Waals surface area contributed by atoms with E-state index >= 15 is 0 Å². The molecule has 0 saturated carbocycles. The number of benzene rings is 2. The molecule has 0 aliphatic rings. The number of fused-ring (bicyclic) bond motifs is 1. The fourth-order valence-corrected chi connectivity index (χ4v) is 2.42. The monoisotopic (exact) mass is 330 g/mol.